The summed E-state index contributed by atoms with van der Waals surface area (Å²) in [5, 5.41) is 12.2. The van der Waals surface area contributed by atoms with Crippen molar-refractivity contribution in [3.05, 3.63) is 0 Å². The zero-order chi connectivity index (χ0) is 19.1. The highest BCUT2D eigenvalue weighted by Gasteiger charge is 2.30. The van der Waals surface area contributed by atoms with Crippen LogP contribution in [0.2, 0.25) is 0 Å². The van der Waals surface area contributed by atoms with Gasteiger partial charge in [-0.1, -0.05) is 46.0 Å². The summed E-state index contributed by atoms with van der Waals surface area (Å²) in [6.07, 6.45) is 8.30. The van der Waals surface area contributed by atoms with E-state index in [1.165, 1.54) is 32.1 Å². The number of amides is 2. The first-order valence-electron chi connectivity index (χ1n) is 10.4. The van der Waals surface area contributed by atoms with Crippen LogP contribution in [0.1, 0.15) is 65.7 Å². The van der Waals surface area contributed by atoms with Gasteiger partial charge in [-0.15, -0.1) is 0 Å². The number of urea groups is 1. The Bertz CT molecular complexity index is 457. The van der Waals surface area contributed by atoms with Crippen molar-refractivity contribution in [3.63, 3.8) is 0 Å². The van der Waals surface area contributed by atoms with Crippen molar-refractivity contribution in [2.24, 2.45) is 11.8 Å². The fourth-order valence-electron chi connectivity index (χ4n) is 4.59. The Morgan fingerprint density at radius 3 is 2.27 bits per heavy atom. The number of nitrogens with one attached hydrogen (secondary N) is 1. The molecule has 0 aromatic carbocycles. The van der Waals surface area contributed by atoms with E-state index in [0.717, 1.165) is 25.3 Å². The number of aliphatic carboxylic acids is 1. The number of piperidine rings is 1. The predicted molar refractivity (Wildman–Crippen MR) is 103 cm³/mol. The Morgan fingerprint density at radius 1 is 1.12 bits per heavy atom. The molecule has 1 aliphatic heterocycles. The van der Waals surface area contributed by atoms with Crippen molar-refractivity contribution >= 4 is 12.0 Å². The summed E-state index contributed by atoms with van der Waals surface area (Å²) in [4.78, 5) is 27.5. The summed E-state index contributed by atoms with van der Waals surface area (Å²) in [6, 6.07) is 0.501. The Kier molecular flexibility index (Phi) is 8.19. The topological polar surface area (TPSA) is 72.9 Å². The molecule has 1 heterocycles. The first-order valence-corrected chi connectivity index (χ1v) is 10.4. The maximum atomic E-state index is 12.6. The van der Waals surface area contributed by atoms with Crippen molar-refractivity contribution in [1.29, 1.82) is 0 Å². The number of likely N-dealkylation sites (tertiary alicyclic amines) is 1. The number of carbonyl (C=O) groups excluding carboxylic acids is 1. The van der Waals surface area contributed by atoms with E-state index in [0.29, 0.717) is 19.0 Å². The third kappa shape index (κ3) is 5.86. The van der Waals surface area contributed by atoms with Gasteiger partial charge in [0, 0.05) is 25.2 Å². The molecule has 0 bridgehead atoms. The van der Waals surface area contributed by atoms with Crippen molar-refractivity contribution in [1.82, 2.24) is 15.1 Å². The molecule has 2 fully saturated rings. The molecule has 2 unspecified atom stereocenters. The van der Waals surface area contributed by atoms with Crippen molar-refractivity contribution in [3.8, 4) is 0 Å². The lowest BCUT2D eigenvalue weighted by Crippen LogP contribution is -2.52. The van der Waals surface area contributed by atoms with Crippen LogP contribution in [-0.4, -0.2) is 65.2 Å². The number of hydrogen-bond acceptors (Lipinski definition) is 3. The van der Waals surface area contributed by atoms with Gasteiger partial charge < -0.3 is 15.3 Å². The minimum Gasteiger partial charge on any atom is -0.480 e. The second kappa shape index (κ2) is 10.1. The number of likely N-dealkylation sites (N-methyl/N-ethyl adjacent to an activating group) is 1. The van der Waals surface area contributed by atoms with Gasteiger partial charge in [0.05, 0.1) is 6.54 Å². The zero-order valence-electron chi connectivity index (χ0n) is 16.7. The molecule has 6 nitrogen and oxygen atoms in total. The molecule has 2 aliphatic rings. The van der Waals surface area contributed by atoms with Crippen molar-refractivity contribution < 1.29 is 14.7 Å². The number of hydrogen-bond donors (Lipinski definition) is 2. The van der Waals surface area contributed by atoms with Crippen LogP contribution in [0, 0.1) is 11.8 Å². The van der Waals surface area contributed by atoms with Gasteiger partial charge in [-0.3, -0.25) is 9.69 Å². The van der Waals surface area contributed by atoms with Crippen LogP contribution in [0.3, 0.4) is 0 Å². The molecule has 26 heavy (non-hydrogen) atoms. The highest BCUT2D eigenvalue weighted by atomic mass is 16.4. The van der Waals surface area contributed by atoms with Gasteiger partial charge in [0.2, 0.25) is 0 Å². The predicted octanol–water partition coefficient (Wildman–Crippen LogP) is 3.17. The summed E-state index contributed by atoms with van der Waals surface area (Å²) < 4.78 is 0. The molecule has 1 saturated carbocycles. The molecule has 0 radical (unpaired) electrons. The maximum Gasteiger partial charge on any atom is 0.317 e. The standard InChI is InChI=1S/C20H37N3O3/c1-4-22(14-19(24)25)18-10-12-23(13-11-18)20(26)21-16(3)15(2)17-8-6-5-7-9-17/h15-18H,4-14H2,1-3H3,(H,21,26)(H,24,25). The van der Waals surface area contributed by atoms with Crippen LogP contribution < -0.4 is 5.32 Å². The van der Waals surface area contributed by atoms with Crippen LogP contribution >= 0.6 is 0 Å². The Balaban J connectivity index is 1.77. The van der Waals surface area contributed by atoms with Crippen LogP contribution in [0.25, 0.3) is 0 Å². The molecule has 1 aliphatic carbocycles. The Hall–Kier alpha value is -1.30. The molecule has 6 heteroatoms. The first kappa shape index (κ1) is 21.0. The van der Waals surface area contributed by atoms with Crippen LogP contribution in [0.5, 0.6) is 0 Å². The summed E-state index contributed by atoms with van der Waals surface area (Å²) in [5.74, 6) is 0.472. The molecule has 2 N–H and O–H groups in total. The lowest BCUT2D eigenvalue weighted by atomic mass is 9.78. The average Bonchev–Trinajstić information content (AvgIpc) is 2.66. The molecule has 2 amide bonds. The third-order valence-corrected chi connectivity index (χ3v) is 6.55. The summed E-state index contributed by atoms with van der Waals surface area (Å²) in [6.45, 7) is 8.64. The highest BCUT2D eigenvalue weighted by Crippen LogP contribution is 2.31. The lowest BCUT2D eigenvalue weighted by Gasteiger charge is -2.38. The summed E-state index contributed by atoms with van der Waals surface area (Å²) >= 11 is 0. The molecule has 0 spiro atoms. The van der Waals surface area contributed by atoms with Crippen molar-refractivity contribution in [2.75, 3.05) is 26.2 Å². The molecule has 0 aromatic rings. The number of nitrogens with zero attached hydrogens (tertiary/aromatic N) is 2. The Labute approximate surface area is 158 Å². The van der Waals surface area contributed by atoms with E-state index in [4.69, 9.17) is 5.11 Å². The normalized spacial score (nSPS) is 22.2. The zero-order valence-corrected chi connectivity index (χ0v) is 16.7. The van der Waals surface area contributed by atoms with Gasteiger partial charge in [-0.2, -0.15) is 0 Å². The van der Waals surface area contributed by atoms with Crippen LogP contribution in [0.4, 0.5) is 4.79 Å². The summed E-state index contributed by atoms with van der Waals surface area (Å²) in [7, 11) is 0. The fourth-order valence-corrected chi connectivity index (χ4v) is 4.59. The Morgan fingerprint density at radius 2 is 1.73 bits per heavy atom. The van der Waals surface area contributed by atoms with E-state index in [2.05, 4.69) is 19.2 Å². The van der Waals surface area contributed by atoms with Crippen LogP contribution in [0.15, 0.2) is 0 Å². The fraction of sp³-hybridized carbons (Fsp3) is 0.900. The third-order valence-electron chi connectivity index (χ3n) is 6.55. The SMILES string of the molecule is CCN(CC(=O)O)C1CCN(C(=O)NC(C)C(C)C2CCCCC2)CC1. The van der Waals surface area contributed by atoms with Gasteiger partial charge in [0.15, 0.2) is 0 Å². The maximum absolute atomic E-state index is 12.6. The quantitative estimate of drug-likeness (QED) is 0.725. The van der Waals surface area contributed by atoms with E-state index >= 15 is 0 Å². The smallest absolute Gasteiger partial charge is 0.317 e. The van der Waals surface area contributed by atoms with Gasteiger partial charge in [-0.25, -0.2) is 4.79 Å². The van der Waals surface area contributed by atoms with E-state index in [9.17, 15) is 9.59 Å². The summed E-state index contributed by atoms with van der Waals surface area (Å²) in [5.41, 5.74) is 0. The second-order valence-electron chi connectivity index (χ2n) is 8.17. The number of carboxylic acid groups (broad SMARTS) is 1. The minimum absolute atomic E-state index is 0.0416. The largest absolute Gasteiger partial charge is 0.480 e. The van der Waals surface area contributed by atoms with Gasteiger partial charge >= 0.3 is 12.0 Å². The van der Waals surface area contributed by atoms with E-state index in [-0.39, 0.29) is 24.7 Å². The first-order chi connectivity index (χ1) is 12.4. The van der Waals surface area contributed by atoms with E-state index < -0.39 is 5.97 Å². The van der Waals surface area contributed by atoms with Crippen LogP contribution in [-0.2, 0) is 4.79 Å². The highest BCUT2D eigenvalue weighted by molar-refractivity contribution is 5.74. The number of carbonyl (C=O) groups is 2. The molecule has 1 saturated heterocycles. The molecule has 0 aromatic heterocycles. The molecular weight excluding hydrogens is 330 g/mol. The van der Waals surface area contributed by atoms with Gasteiger partial charge in [-0.05, 0) is 38.1 Å². The lowest BCUT2D eigenvalue weighted by molar-refractivity contribution is -0.139. The number of carboxylic acids is 1. The average molecular weight is 368 g/mol. The van der Waals surface area contributed by atoms with E-state index in [1.807, 2.05) is 16.7 Å². The van der Waals surface area contributed by atoms with Crippen molar-refractivity contribution in [2.45, 2.75) is 77.8 Å². The van der Waals surface area contributed by atoms with Gasteiger partial charge in [0.25, 0.3) is 0 Å². The molecule has 150 valence electrons. The molecule has 2 atom stereocenters. The van der Waals surface area contributed by atoms with E-state index in [1.54, 1.807) is 0 Å². The molecular formula is C20H37N3O3. The monoisotopic (exact) mass is 367 g/mol. The minimum atomic E-state index is -0.780. The number of rotatable bonds is 7. The van der Waals surface area contributed by atoms with Gasteiger partial charge in [0.1, 0.15) is 0 Å². The molecule has 2 rings (SSSR count). The second-order valence-corrected chi connectivity index (χ2v) is 8.17.